The van der Waals surface area contributed by atoms with Gasteiger partial charge in [0.05, 0.1) is 11.5 Å². The Hall–Kier alpha value is -1.37. The van der Waals surface area contributed by atoms with Crippen LogP contribution in [0.15, 0.2) is 12.3 Å². The van der Waals surface area contributed by atoms with Crippen LogP contribution in [0.3, 0.4) is 0 Å². The molecule has 0 aliphatic carbocycles. The molecule has 2 heterocycles. The van der Waals surface area contributed by atoms with Crippen molar-refractivity contribution >= 4 is 21.6 Å². The Morgan fingerprint density at radius 3 is 2.90 bits per heavy atom. The van der Waals surface area contributed by atoms with Gasteiger partial charge in [-0.05, 0) is 18.9 Å². The molecule has 0 aromatic carbocycles. The topological polar surface area (TPSA) is 75.2 Å². The van der Waals surface area contributed by atoms with E-state index in [0.717, 1.165) is 18.8 Å². The quantitative estimate of drug-likeness (QED) is 0.772. The van der Waals surface area contributed by atoms with Crippen molar-refractivity contribution in [1.29, 1.82) is 0 Å². The summed E-state index contributed by atoms with van der Waals surface area (Å²) in [5.74, 6) is 1.83. The average molecular weight is 312 g/mol. The number of nitrogens with one attached hydrogen (secondary N) is 1. The molecule has 1 aliphatic rings. The van der Waals surface area contributed by atoms with Crippen LogP contribution in [0.25, 0.3) is 0 Å². The second-order valence-corrected chi connectivity index (χ2v) is 7.77. The van der Waals surface area contributed by atoms with Crippen molar-refractivity contribution in [2.75, 3.05) is 35.3 Å². The summed E-state index contributed by atoms with van der Waals surface area (Å²) >= 11 is 0. The Morgan fingerprint density at radius 2 is 2.24 bits per heavy atom. The summed E-state index contributed by atoms with van der Waals surface area (Å²) in [6.45, 7) is 3.07. The van der Waals surface area contributed by atoms with E-state index >= 15 is 0 Å². The molecule has 0 radical (unpaired) electrons. The molecule has 1 aromatic heterocycles. The second-order valence-electron chi connectivity index (χ2n) is 5.54. The highest BCUT2D eigenvalue weighted by Crippen LogP contribution is 2.20. The van der Waals surface area contributed by atoms with Crippen LogP contribution >= 0.6 is 0 Å². The lowest BCUT2D eigenvalue weighted by Gasteiger charge is -2.23. The summed E-state index contributed by atoms with van der Waals surface area (Å²) in [4.78, 5) is 10.6. The molecule has 1 aliphatic heterocycles. The molecule has 6 nitrogen and oxygen atoms in total. The number of nitrogens with zero attached hydrogens (tertiary/aromatic N) is 3. The van der Waals surface area contributed by atoms with E-state index in [4.69, 9.17) is 0 Å². The molecule has 0 saturated carbocycles. The molecule has 0 bridgehead atoms. The van der Waals surface area contributed by atoms with Gasteiger partial charge in [0.2, 0.25) is 5.95 Å². The van der Waals surface area contributed by atoms with Crippen LogP contribution in [0.4, 0.5) is 11.8 Å². The molecule has 1 N–H and O–H groups in total. The third-order valence-corrected chi connectivity index (χ3v) is 5.55. The van der Waals surface area contributed by atoms with Crippen molar-refractivity contribution < 1.29 is 8.42 Å². The summed E-state index contributed by atoms with van der Waals surface area (Å²) in [6, 6.07) is 1.82. The lowest BCUT2D eigenvalue weighted by molar-refractivity contribution is 0.600. The first-order chi connectivity index (χ1) is 10.0. The zero-order valence-electron chi connectivity index (χ0n) is 12.7. The van der Waals surface area contributed by atoms with E-state index in [0.29, 0.717) is 12.4 Å². The maximum absolute atomic E-state index is 11.6. The predicted octanol–water partition coefficient (Wildman–Crippen LogP) is 1.70. The highest BCUT2D eigenvalue weighted by Gasteiger charge is 2.31. The highest BCUT2D eigenvalue weighted by atomic mass is 32.2. The molecule has 0 spiro atoms. The number of aromatic nitrogens is 2. The number of hydrogen-bond donors (Lipinski definition) is 1. The predicted molar refractivity (Wildman–Crippen MR) is 85.5 cm³/mol. The molecule has 21 heavy (non-hydrogen) atoms. The molecule has 1 fully saturated rings. The number of sulfone groups is 1. The van der Waals surface area contributed by atoms with E-state index in [-0.39, 0.29) is 17.5 Å². The Kier molecular flexibility index (Phi) is 5.39. The molecule has 7 heteroatoms. The zero-order chi connectivity index (χ0) is 15.3. The molecule has 1 saturated heterocycles. The molecule has 1 unspecified atom stereocenters. The van der Waals surface area contributed by atoms with Crippen LogP contribution in [-0.2, 0) is 9.84 Å². The third-order valence-electron chi connectivity index (χ3n) is 3.80. The summed E-state index contributed by atoms with van der Waals surface area (Å²) in [6.07, 6.45) is 5.87. The van der Waals surface area contributed by atoms with Gasteiger partial charge in [-0.2, -0.15) is 4.98 Å². The fourth-order valence-corrected chi connectivity index (χ4v) is 4.23. The highest BCUT2D eigenvalue weighted by molar-refractivity contribution is 7.91. The van der Waals surface area contributed by atoms with Crippen molar-refractivity contribution in [3.05, 3.63) is 12.3 Å². The van der Waals surface area contributed by atoms with E-state index in [9.17, 15) is 8.42 Å². The van der Waals surface area contributed by atoms with E-state index in [1.807, 2.05) is 18.0 Å². The van der Waals surface area contributed by atoms with Gasteiger partial charge in [-0.1, -0.05) is 19.8 Å². The monoisotopic (exact) mass is 312 g/mol. The van der Waals surface area contributed by atoms with Gasteiger partial charge in [0.1, 0.15) is 5.82 Å². The van der Waals surface area contributed by atoms with E-state index in [1.165, 1.54) is 12.8 Å². The third kappa shape index (κ3) is 4.56. The molecule has 1 aromatic rings. The summed E-state index contributed by atoms with van der Waals surface area (Å²) in [5, 5.41) is 3.29. The van der Waals surface area contributed by atoms with Gasteiger partial charge >= 0.3 is 0 Å². The SMILES string of the molecule is CCCCCNc1ccnc(N(C)C2CCS(=O)(=O)C2)n1. The number of rotatable bonds is 7. The fraction of sp³-hybridized carbons (Fsp3) is 0.714. The van der Waals surface area contributed by atoms with Gasteiger partial charge < -0.3 is 10.2 Å². The largest absolute Gasteiger partial charge is 0.370 e. The van der Waals surface area contributed by atoms with Gasteiger partial charge in [-0.25, -0.2) is 13.4 Å². The van der Waals surface area contributed by atoms with Crippen molar-refractivity contribution in [1.82, 2.24) is 9.97 Å². The lowest BCUT2D eigenvalue weighted by Crippen LogP contribution is -2.33. The van der Waals surface area contributed by atoms with Gasteiger partial charge in [0.15, 0.2) is 9.84 Å². The van der Waals surface area contributed by atoms with Crippen LogP contribution < -0.4 is 10.2 Å². The Labute approximate surface area is 126 Å². The molecular formula is C14H24N4O2S. The van der Waals surface area contributed by atoms with Gasteiger partial charge in [-0.3, -0.25) is 0 Å². The standard InChI is InChI=1S/C14H24N4O2S/c1-3-4-5-8-15-13-6-9-16-14(17-13)18(2)12-7-10-21(19,20)11-12/h6,9,12H,3-5,7-8,10-11H2,1-2H3,(H,15,16,17). The van der Waals surface area contributed by atoms with E-state index in [1.54, 1.807) is 6.20 Å². The maximum atomic E-state index is 11.6. The van der Waals surface area contributed by atoms with Crippen LogP contribution in [0.5, 0.6) is 0 Å². The minimum Gasteiger partial charge on any atom is -0.370 e. The number of anilines is 2. The summed E-state index contributed by atoms with van der Waals surface area (Å²) < 4.78 is 23.1. The molecule has 2 rings (SSSR count). The number of hydrogen-bond acceptors (Lipinski definition) is 6. The lowest BCUT2D eigenvalue weighted by atomic mass is 10.2. The first-order valence-electron chi connectivity index (χ1n) is 7.52. The van der Waals surface area contributed by atoms with Gasteiger partial charge in [-0.15, -0.1) is 0 Å². The minimum atomic E-state index is -2.89. The second kappa shape index (κ2) is 7.06. The van der Waals surface area contributed by atoms with Crippen molar-refractivity contribution in [3.63, 3.8) is 0 Å². The number of unbranched alkanes of at least 4 members (excludes halogenated alkanes) is 2. The maximum Gasteiger partial charge on any atom is 0.227 e. The first-order valence-corrected chi connectivity index (χ1v) is 9.34. The van der Waals surface area contributed by atoms with Crippen LogP contribution in [0.1, 0.15) is 32.6 Å². The smallest absolute Gasteiger partial charge is 0.227 e. The fourth-order valence-electron chi connectivity index (χ4n) is 2.45. The Bertz CT molecular complexity index is 562. The average Bonchev–Trinajstić information content (AvgIpc) is 2.83. The van der Waals surface area contributed by atoms with Crippen molar-refractivity contribution in [2.24, 2.45) is 0 Å². The molecule has 1 atom stereocenters. The molecular weight excluding hydrogens is 288 g/mol. The van der Waals surface area contributed by atoms with Crippen LogP contribution in [0.2, 0.25) is 0 Å². The van der Waals surface area contributed by atoms with Gasteiger partial charge in [0.25, 0.3) is 0 Å². The zero-order valence-corrected chi connectivity index (χ0v) is 13.6. The Morgan fingerprint density at radius 1 is 1.43 bits per heavy atom. The van der Waals surface area contributed by atoms with E-state index < -0.39 is 9.84 Å². The van der Waals surface area contributed by atoms with Crippen LogP contribution in [-0.4, -0.2) is 49.5 Å². The van der Waals surface area contributed by atoms with Gasteiger partial charge in [0, 0.05) is 25.8 Å². The molecule has 118 valence electrons. The summed E-state index contributed by atoms with van der Waals surface area (Å²) in [7, 11) is -1.03. The normalized spacial score (nSPS) is 20.4. The summed E-state index contributed by atoms with van der Waals surface area (Å²) in [5.41, 5.74) is 0. The molecule has 0 amide bonds. The Balaban J connectivity index is 1.96. The van der Waals surface area contributed by atoms with Crippen molar-refractivity contribution in [2.45, 2.75) is 38.6 Å². The van der Waals surface area contributed by atoms with E-state index in [2.05, 4.69) is 22.2 Å². The minimum absolute atomic E-state index is 0.0228. The van der Waals surface area contributed by atoms with Crippen LogP contribution in [0, 0.1) is 0 Å². The first kappa shape index (κ1) is 16.0. The van der Waals surface area contributed by atoms with Crippen molar-refractivity contribution in [3.8, 4) is 0 Å².